The number of ether oxygens (including phenoxy) is 1. The van der Waals surface area contributed by atoms with E-state index in [-0.39, 0.29) is 12.5 Å². The Bertz CT molecular complexity index is 987. The van der Waals surface area contributed by atoms with E-state index in [1.807, 2.05) is 67.5 Å². The highest BCUT2D eigenvalue weighted by molar-refractivity contribution is 7.99. The van der Waals surface area contributed by atoms with Gasteiger partial charge in [-0.1, -0.05) is 29.4 Å². The van der Waals surface area contributed by atoms with Gasteiger partial charge in [0, 0.05) is 35.8 Å². The number of rotatable bonds is 8. The lowest BCUT2D eigenvalue weighted by Crippen LogP contribution is -2.24. The van der Waals surface area contributed by atoms with Gasteiger partial charge >= 0.3 is 0 Å². The lowest BCUT2D eigenvalue weighted by molar-refractivity contribution is -0.123. The molecule has 29 heavy (non-hydrogen) atoms. The Morgan fingerprint density at radius 2 is 2.00 bits per heavy atom. The van der Waals surface area contributed by atoms with Crippen LogP contribution in [-0.4, -0.2) is 32.8 Å². The SMILES string of the molecule is CN(C)c1cccc(OCC(=O)N/N=C/c2ccc(Sc3ccc(Cl)cc3)o2)c1. The van der Waals surface area contributed by atoms with Gasteiger partial charge in [-0.25, -0.2) is 5.43 Å². The number of amides is 1. The number of nitrogens with one attached hydrogen (secondary N) is 1. The number of furan rings is 1. The summed E-state index contributed by atoms with van der Waals surface area (Å²) < 4.78 is 11.1. The lowest BCUT2D eigenvalue weighted by atomic mass is 10.3. The number of hydrazone groups is 1. The van der Waals surface area contributed by atoms with Crippen molar-refractivity contribution in [2.24, 2.45) is 5.10 Å². The standard InChI is InChI=1S/C21H20ClN3O3S/c1-25(2)16-4-3-5-17(12-16)27-14-20(26)24-23-13-18-8-11-21(28-18)29-19-9-6-15(22)7-10-19/h3-13H,14H2,1-2H3,(H,24,26)/b23-13+. The molecule has 3 rings (SSSR count). The minimum absolute atomic E-state index is 0.135. The molecule has 1 aromatic heterocycles. The summed E-state index contributed by atoms with van der Waals surface area (Å²) in [6, 6.07) is 18.6. The van der Waals surface area contributed by atoms with Crippen LogP contribution in [0.3, 0.4) is 0 Å². The zero-order chi connectivity index (χ0) is 20.6. The lowest BCUT2D eigenvalue weighted by Gasteiger charge is -2.13. The van der Waals surface area contributed by atoms with E-state index in [0.29, 0.717) is 21.6 Å². The van der Waals surface area contributed by atoms with Gasteiger partial charge in [0.15, 0.2) is 11.7 Å². The summed E-state index contributed by atoms with van der Waals surface area (Å²) in [5.74, 6) is 0.783. The van der Waals surface area contributed by atoms with E-state index >= 15 is 0 Å². The van der Waals surface area contributed by atoms with Crippen molar-refractivity contribution in [2.75, 3.05) is 25.6 Å². The fourth-order valence-corrected chi connectivity index (χ4v) is 3.18. The fraction of sp³-hybridized carbons (Fsp3) is 0.143. The van der Waals surface area contributed by atoms with Crippen LogP contribution in [0.4, 0.5) is 5.69 Å². The van der Waals surface area contributed by atoms with Crippen molar-refractivity contribution in [3.05, 3.63) is 71.4 Å². The summed E-state index contributed by atoms with van der Waals surface area (Å²) in [6.45, 7) is -0.135. The van der Waals surface area contributed by atoms with Gasteiger partial charge < -0.3 is 14.1 Å². The number of hydrogen-bond donors (Lipinski definition) is 1. The number of anilines is 1. The van der Waals surface area contributed by atoms with Crippen LogP contribution in [0.15, 0.2) is 80.2 Å². The second-order valence-electron chi connectivity index (χ2n) is 6.19. The van der Waals surface area contributed by atoms with Gasteiger partial charge in [-0.2, -0.15) is 5.10 Å². The van der Waals surface area contributed by atoms with Crippen LogP contribution in [0, 0.1) is 0 Å². The number of carbonyl (C=O) groups excluding carboxylic acids is 1. The monoisotopic (exact) mass is 429 g/mol. The predicted molar refractivity (Wildman–Crippen MR) is 116 cm³/mol. The second-order valence-corrected chi connectivity index (χ2v) is 7.70. The zero-order valence-electron chi connectivity index (χ0n) is 16.0. The molecule has 0 spiro atoms. The van der Waals surface area contributed by atoms with Crippen LogP contribution in [0.1, 0.15) is 5.76 Å². The molecule has 1 heterocycles. The molecule has 0 aliphatic heterocycles. The van der Waals surface area contributed by atoms with Gasteiger partial charge in [-0.05, 0) is 48.5 Å². The summed E-state index contributed by atoms with van der Waals surface area (Å²) >= 11 is 7.35. The van der Waals surface area contributed by atoms with E-state index in [1.54, 1.807) is 12.1 Å². The van der Waals surface area contributed by atoms with Crippen molar-refractivity contribution in [3.8, 4) is 5.75 Å². The molecule has 0 unspecified atom stereocenters. The summed E-state index contributed by atoms with van der Waals surface area (Å²) in [6.07, 6.45) is 1.44. The number of halogens is 1. The first-order chi connectivity index (χ1) is 14.0. The first kappa shape index (κ1) is 20.8. The molecular formula is C21H20ClN3O3S. The average molecular weight is 430 g/mol. The van der Waals surface area contributed by atoms with Crippen LogP contribution < -0.4 is 15.1 Å². The second kappa shape index (κ2) is 10.0. The van der Waals surface area contributed by atoms with E-state index in [1.165, 1.54) is 18.0 Å². The molecule has 2 aromatic carbocycles. The first-order valence-corrected chi connectivity index (χ1v) is 9.94. The van der Waals surface area contributed by atoms with Gasteiger partial charge in [-0.15, -0.1) is 0 Å². The van der Waals surface area contributed by atoms with Gasteiger partial charge in [0.05, 0.1) is 6.21 Å². The molecule has 0 radical (unpaired) electrons. The zero-order valence-corrected chi connectivity index (χ0v) is 17.5. The Labute approximate surface area is 178 Å². The van der Waals surface area contributed by atoms with E-state index in [4.69, 9.17) is 20.8 Å². The molecule has 0 atom stereocenters. The van der Waals surface area contributed by atoms with Crippen LogP contribution in [0.25, 0.3) is 0 Å². The molecule has 1 amide bonds. The van der Waals surface area contributed by atoms with E-state index in [9.17, 15) is 4.79 Å². The number of benzene rings is 2. The fourth-order valence-electron chi connectivity index (χ4n) is 2.28. The molecule has 150 valence electrons. The Morgan fingerprint density at radius 3 is 2.76 bits per heavy atom. The van der Waals surface area contributed by atoms with Crippen molar-refractivity contribution in [1.82, 2.24) is 5.43 Å². The minimum Gasteiger partial charge on any atom is -0.484 e. The third-order valence-electron chi connectivity index (χ3n) is 3.72. The minimum atomic E-state index is -0.362. The molecule has 8 heteroatoms. The van der Waals surface area contributed by atoms with Crippen LogP contribution in [-0.2, 0) is 4.79 Å². The molecule has 0 fully saturated rings. The number of carbonyl (C=O) groups is 1. The summed E-state index contributed by atoms with van der Waals surface area (Å²) in [5.41, 5.74) is 3.41. The maximum Gasteiger partial charge on any atom is 0.277 e. The molecule has 0 bridgehead atoms. The number of nitrogens with zero attached hydrogens (tertiary/aromatic N) is 2. The third-order valence-corrected chi connectivity index (χ3v) is 4.90. The van der Waals surface area contributed by atoms with Gasteiger partial charge in [-0.3, -0.25) is 4.79 Å². The quantitative estimate of drug-likeness (QED) is 0.416. The molecule has 0 aliphatic carbocycles. The van der Waals surface area contributed by atoms with Gasteiger partial charge in [0.25, 0.3) is 5.91 Å². The highest BCUT2D eigenvalue weighted by Gasteiger charge is 2.05. The van der Waals surface area contributed by atoms with Crippen molar-refractivity contribution < 1.29 is 13.9 Å². The first-order valence-electron chi connectivity index (χ1n) is 8.75. The van der Waals surface area contributed by atoms with Crippen molar-refractivity contribution in [2.45, 2.75) is 9.99 Å². The topological polar surface area (TPSA) is 67.1 Å². The maximum absolute atomic E-state index is 11.9. The summed E-state index contributed by atoms with van der Waals surface area (Å²) in [7, 11) is 3.88. The largest absolute Gasteiger partial charge is 0.484 e. The van der Waals surface area contributed by atoms with E-state index in [2.05, 4.69) is 10.5 Å². The Balaban J connectivity index is 1.46. The van der Waals surface area contributed by atoms with Crippen LogP contribution in [0.2, 0.25) is 5.02 Å². The normalized spacial score (nSPS) is 10.9. The predicted octanol–water partition coefficient (Wildman–Crippen LogP) is 4.68. The van der Waals surface area contributed by atoms with Crippen molar-refractivity contribution in [1.29, 1.82) is 0 Å². The molecule has 0 aliphatic rings. The molecule has 3 aromatic rings. The molecule has 1 N–H and O–H groups in total. The summed E-state index contributed by atoms with van der Waals surface area (Å²) in [5, 5.41) is 5.30. The molecule has 6 nitrogen and oxygen atoms in total. The van der Waals surface area contributed by atoms with E-state index < -0.39 is 0 Å². The Kier molecular flexibility index (Phi) is 7.21. The van der Waals surface area contributed by atoms with Gasteiger partial charge in [0.2, 0.25) is 0 Å². The van der Waals surface area contributed by atoms with Crippen LogP contribution in [0.5, 0.6) is 5.75 Å². The highest BCUT2D eigenvalue weighted by atomic mass is 35.5. The van der Waals surface area contributed by atoms with Crippen LogP contribution >= 0.6 is 23.4 Å². The smallest absolute Gasteiger partial charge is 0.277 e. The Hall–Kier alpha value is -2.90. The molecular weight excluding hydrogens is 410 g/mol. The van der Waals surface area contributed by atoms with Gasteiger partial charge in [0.1, 0.15) is 11.5 Å². The summed E-state index contributed by atoms with van der Waals surface area (Å²) in [4.78, 5) is 14.9. The molecule has 0 saturated carbocycles. The number of hydrogen-bond acceptors (Lipinski definition) is 6. The van der Waals surface area contributed by atoms with E-state index in [0.717, 1.165) is 10.6 Å². The maximum atomic E-state index is 11.9. The van der Waals surface area contributed by atoms with Crippen molar-refractivity contribution in [3.63, 3.8) is 0 Å². The highest BCUT2D eigenvalue weighted by Crippen LogP contribution is 2.29. The average Bonchev–Trinajstić information content (AvgIpc) is 3.15. The molecule has 0 saturated heterocycles. The van der Waals surface area contributed by atoms with Crippen molar-refractivity contribution >= 4 is 41.2 Å². The third kappa shape index (κ3) is 6.58. The Morgan fingerprint density at radius 1 is 1.21 bits per heavy atom.